The van der Waals surface area contributed by atoms with Gasteiger partial charge in [-0.3, -0.25) is 9.25 Å². The monoisotopic (exact) mass is 324 g/mol. The van der Waals surface area contributed by atoms with Gasteiger partial charge in [-0.25, -0.2) is 9.78 Å². The Morgan fingerprint density at radius 3 is 2.79 bits per heavy atom. The number of aryl methyl sites for hydroxylation is 3. The molecule has 0 unspecified atom stereocenters. The first-order valence-electron chi connectivity index (χ1n) is 7.84. The third-order valence-corrected chi connectivity index (χ3v) is 4.10. The molecule has 1 N–H and O–H groups in total. The van der Waals surface area contributed by atoms with Gasteiger partial charge in [-0.15, -0.1) is 0 Å². The van der Waals surface area contributed by atoms with Crippen molar-refractivity contribution in [1.82, 2.24) is 19.3 Å². The Kier molecular flexibility index (Phi) is 3.97. The van der Waals surface area contributed by atoms with E-state index < -0.39 is 5.97 Å². The predicted octanol–water partition coefficient (Wildman–Crippen LogP) is 3.25. The molecule has 124 valence electrons. The van der Waals surface area contributed by atoms with E-state index in [2.05, 4.69) is 16.1 Å². The summed E-state index contributed by atoms with van der Waals surface area (Å²) in [6.45, 7) is 5.72. The molecule has 0 aliphatic heterocycles. The average molecular weight is 324 g/mol. The van der Waals surface area contributed by atoms with Crippen LogP contribution in [-0.4, -0.2) is 30.4 Å². The lowest BCUT2D eigenvalue weighted by Gasteiger charge is -2.08. The summed E-state index contributed by atoms with van der Waals surface area (Å²) in [6, 6.07) is 4.08. The molecule has 0 atom stereocenters. The third-order valence-electron chi connectivity index (χ3n) is 4.10. The maximum Gasteiger partial charge on any atom is 0.331 e. The zero-order chi connectivity index (χ0) is 17.4. The lowest BCUT2D eigenvalue weighted by molar-refractivity contribution is -0.132. The van der Waals surface area contributed by atoms with Gasteiger partial charge >= 0.3 is 5.97 Å². The van der Waals surface area contributed by atoms with Gasteiger partial charge in [-0.2, -0.15) is 5.10 Å². The third kappa shape index (κ3) is 2.60. The van der Waals surface area contributed by atoms with Crippen molar-refractivity contribution in [3.05, 3.63) is 46.9 Å². The second-order valence-electron chi connectivity index (χ2n) is 5.89. The first-order valence-corrected chi connectivity index (χ1v) is 7.84. The van der Waals surface area contributed by atoms with Crippen LogP contribution in [-0.2, 0) is 11.8 Å². The maximum absolute atomic E-state index is 11.4. The Hall–Kier alpha value is -2.89. The van der Waals surface area contributed by atoms with Gasteiger partial charge in [0.05, 0.1) is 5.69 Å². The summed E-state index contributed by atoms with van der Waals surface area (Å²) in [5.74, 6) is -0.0936. The number of hydrogen-bond donors (Lipinski definition) is 1. The fraction of sp³-hybridized carbons (Fsp3) is 0.278. The van der Waals surface area contributed by atoms with Gasteiger partial charge in [-0.1, -0.05) is 6.92 Å². The first-order chi connectivity index (χ1) is 11.4. The number of rotatable bonds is 4. The van der Waals surface area contributed by atoms with E-state index in [9.17, 15) is 9.90 Å². The number of carboxylic acids is 1. The second-order valence-corrected chi connectivity index (χ2v) is 5.89. The average Bonchev–Trinajstić information content (AvgIpc) is 3.04. The van der Waals surface area contributed by atoms with Gasteiger partial charge < -0.3 is 5.11 Å². The summed E-state index contributed by atoms with van der Waals surface area (Å²) in [4.78, 5) is 15.9. The van der Waals surface area contributed by atoms with E-state index in [0.29, 0.717) is 12.0 Å². The molecule has 0 aliphatic carbocycles. The minimum atomic E-state index is -0.905. The SMILES string of the molecule is CC/C(=C\c1c(C)nn(C)c1-n1ccc2cc(C)cnc21)C(=O)O. The normalized spacial score (nSPS) is 12.1. The van der Waals surface area contributed by atoms with Crippen LogP contribution >= 0.6 is 0 Å². The van der Waals surface area contributed by atoms with Crippen LogP contribution in [0.25, 0.3) is 22.9 Å². The van der Waals surface area contributed by atoms with Crippen molar-refractivity contribution in [2.45, 2.75) is 27.2 Å². The topological polar surface area (TPSA) is 72.9 Å². The van der Waals surface area contributed by atoms with E-state index in [1.165, 1.54) is 0 Å². The van der Waals surface area contributed by atoms with E-state index in [4.69, 9.17) is 0 Å². The standard InChI is InChI=1S/C18H20N4O2/c1-5-13(18(23)24)9-15-12(3)20-21(4)17(15)22-7-6-14-8-11(2)10-19-16(14)22/h6-10H,5H2,1-4H3,(H,23,24)/b13-9+. The van der Waals surface area contributed by atoms with E-state index in [-0.39, 0.29) is 0 Å². The highest BCUT2D eigenvalue weighted by Crippen LogP contribution is 2.26. The molecule has 0 aromatic carbocycles. The van der Waals surface area contributed by atoms with E-state index in [0.717, 1.165) is 33.7 Å². The summed E-state index contributed by atoms with van der Waals surface area (Å²) >= 11 is 0. The minimum absolute atomic E-state index is 0.354. The van der Waals surface area contributed by atoms with Crippen LogP contribution in [0.1, 0.15) is 30.2 Å². The predicted molar refractivity (Wildman–Crippen MR) is 93.2 cm³/mol. The van der Waals surface area contributed by atoms with Crippen molar-refractivity contribution in [2.24, 2.45) is 7.05 Å². The van der Waals surface area contributed by atoms with Gasteiger partial charge in [0.1, 0.15) is 11.5 Å². The number of nitrogens with zero attached hydrogens (tertiary/aromatic N) is 4. The van der Waals surface area contributed by atoms with Gasteiger partial charge in [0.2, 0.25) is 0 Å². The van der Waals surface area contributed by atoms with Crippen LogP contribution in [0.2, 0.25) is 0 Å². The molecule has 24 heavy (non-hydrogen) atoms. The molecule has 3 aromatic heterocycles. The summed E-state index contributed by atoms with van der Waals surface area (Å²) in [6.07, 6.45) is 5.93. The Balaban J connectivity index is 2.26. The summed E-state index contributed by atoms with van der Waals surface area (Å²) in [5, 5.41) is 14.8. The summed E-state index contributed by atoms with van der Waals surface area (Å²) in [5.41, 5.74) is 3.87. The van der Waals surface area contributed by atoms with Crippen LogP contribution in [0.3, 0.4) is 0 Å². The number of aliphatic carboxylic acids is 1. The molecule has 0 spiro atoms. The molecule has 6 nitrogen and oxygen atoms in total. The van der Waals surface area contributed by atoms with Gasteiger partial charge in [0.25, 0.3) is 0 Å². The number of hydrogen-bond acceptors (Lipinski definition) is 3. The van der Waals surface area contributed by atoms with Crippen molar-refractivity contribution in [3.63, 3.8) is 0 Å². The number of fused-ring (bicyclic) bond motifs is 1. The summed E-state index contributed by atoms with van der Waals surface area (Å²) in [7, 11) is 1.85. The van der Waals surface area contributed by atoms with Gasteiger partial charge in [-0.05, 0) is 44.0 Å². The molecule has 0 radical (unpaired) electrons. The molecule has 0 amide bonds. The number of aromatic nitrogens is 4. The molecule has 0 fully saturated rings. The minimum Gasteiger partial charge on any atom is -0.478 e. The molecule has 0 saturated heterocycles. The molecule has 3 rings (SSSR count). The van der Waals surface area contributed by atoms with Crippen molar-refractivity contribution >= 4 is 23.1 Å². The lowest BCUT2D eigenvalue weighted by atomic mass is 10.1. The Morgan fingerprint density at radius 1 is 1.38 bits per heavy atom. The largest absolute Gasteiger partial charge is 0.478 e. The van der Waals surface area contributed by atoms with E-state index >= 15 is 0 Å². The second kappa shape index (κ2) is 5.96. The number of carbonyl (C=O) groups is 1. The summed E-state index contributed by atoms with van der Waals surface area (Å²) < 4.78 is 3.72. The quantitative estimate of drug-likeness (QED) is 0.748. The van der Waals surface area contributed by atoms with Gasteiger partial charge in [0, 0.05) is 36.0 Å². The number of carboxylic acid groups (broad SMARTS) is 1. The Bertz CT molecular complexity index is 963. The van der Waals surface area contributed by atoms with Crippen LogP contribution in [0.15, 0.2) is 30.1 Å². The van der Waals surface area contributed by atoms with Crippen molar-refractivity contribution < 1.29 is 9.90 Å². The lowest BCUT2D eigenvalue weighted by Crippen LogP contribution is -2.05. The molecule has 6 heteroatoms. The Morgan fingerprint density at radius 2 is 2.12 bits per heavy atom. The Labute approximate surface area is 140 Å². The highest BCUT2D eigenvalue weighted by atomic mass is 16.4. The zero-order valence-electron chi connectivity index (χ0n) is 14.2. The molecule has 0 saturated carbocycles. The molecule has 0 aliphatic rings. The first kappa shape index (κ1) is 16.0. The molecule has 0 bridgehead atoms. The van der Waals surface area contributed by atoms with Crippen molar-refractivity contribution in [2.75, 3.05) is 0 Å². The van der Waals surface area contributed by atoms with E-state index in [1.807, 2.05) is 50.8 Å². The zero-order valence-corrected chi connectivity index (χ0v) is 14.2. The van der Waals surface area contributed by atoms with Crippen LogP contribution in [0.5, 0.6) is 0 Å². The van der Waals surface area contributed by atoms with Crippen molar-refractivity contribution in [3.8, 4) is 5.82 Å². The van der Waals surface area contributed by atoms with Crippen LogP contribution in [0.4, 0.5) is 0 Å². The van der Waals surface area contributed by atoms with Gasteiger partial charge in [0.15, 0.2) is 0 Å². The molecule has 3 heterocycles. The molecular weight excluding hydrogens is 304 g/mol. The molecule has 3 aromatic rings. The fourth-order valence-electron chi connectivity index (χ4n) is 2.91. The highest BCUT2D eigenvalue weighted by Gasteiger charge is 2.17. The number of pyridine rings is 1. The smallest absolute Gasteiger partial charge is 0.331 e. The van der Waals surface area contributed by atoms with Crippen LogP contribution in [0, 0.1) is 13.8 Å². The van der Waals surface area contributed by atoms with Crippen LogP contribution < -0.4 is 0 Å². The highest BCUT2D eigenvalue weighted by molar-refractivity contribution is 5.93. The fourth-order valence-corrected chi connectivity index (χ4v) is 2.91. The maximum atomic E-state index is 11.4. The molecular formula is C18H20N4O2. The van der Waals surface area contributed by atoms with E-state index in [1.54, 1.807) is 10.8 Å². The van der Waals surface area contributed by atoms with Crippen molar-refractivity contribution in [1.29, 1.82) is 0 Å².